The third-order valence-corrected chi connectivity index (χ3v) is 4.65. The molecule has 0 atom stereocenters. The van der Waals surface area contributed by atoms with Crippen molar-refractivity contribution in [3.63, 3.8) is 0 Å². The van der Waals surface area contributed by atoms with E-state index in [2.05, 4.69) is 4.98 Å². The first kappa shape index (κ1) is 17.8. The van der Waals surface area contributed by atoms with Crippen molar-refractivity contribution in [2.45, 2.75) is 20.4 Å². The van der Waals surface area contributed by atoms with Gasteiger partial charge in [0.2, 0.25) is 5.71 Å². The number of carbonyl (C=O) groups is 1. The number of fused-ring (bicyclic) bond motifs is 1. The van der Waals surface area contributed by atoms with E-state index in [-0.39, 0.29) is 34.7 Å². The molecular weight excluding hydrogens is 358 g/mol. The highest BCUT2D eigenvalue weighted by Crippen LogP contribution is 2.27. The molecule has 0 N–H and O–H groups in total. The number of amides is 1. The molecule has 1 amide bonds. The fraction of sp³-hybridized carbons (Fsp3) is 0.190. The average molecular weight is 377 g/mol. The van der Waals surface area contributed by atoms with Crippen molar-refractivity contribution in [2.75, 3.05) is 4.90 Å². The number of hydrogen-bond acceptors (Lipinski definition) is 5. The van der Waals surface area contributed by atoms with Crippen LogP contribution < -0.4 is 10.5 Å². The maximum Gasteiger partial charge on any atom is 0.265 e. The Bertz CT molecular complexity index is 1200. The molecule has 0 aliphatic rings. The van der Waals surface area contributed by atoms with Gasteiger partial charge < -0.3 is 18.3 Å². The van der Waals surface area contributed by atoms with Crippen molar-refractivity contribution in [3.8, 4) is 0 Å². The maximum absolute atomic E-state index is 13.6. The molecule has 0 unspecified atom stereocenters. The minimum absolute atomic E-state index is 0.158. The van der Waals surface area contributed by atoms with Gasteiger partial charge in [0.15, 0.2) is 0 Å². The van der Waals surface area contributed by atoms with Gasteiger partial charge in [-0.3, -0.25) is 9.59 Å². The van der Waals surface area contributed by atoms with Crippen LogP contribution in [0.25, 0.3) is 11.1 Å². The van der Waals surface area contributed by atoms with Gasteiger partial charge in [-0.1, -0.05) is 17.7 Å². The summed E-state index contributed by atoms with van der Waals surface area (Å²) in [6, 6.07) is 11.2. The normalized spacial score (nSPS) is 11.1. The van der Waals surface area contributed by atoms with Crippen LogP contribution in [0.15, 0.2) is 62.6 Å². The molecule has 0 spiro atoms. The van der Waals surface area contributed by atoms with Gasteiger partial charge in [-0.05, 0) is 38.1 Å². The number of aryl methyl sites for hydroxylation is 3. The number of furan rings is 2. The lowest BCUT2D eigenvalue weighted by Gasteiger charge is -2.22. The summed E-state index contributed by atoms with van der Waals surface area (Å²) in [7, 11) is 1.59. The highest BCUT2D eigenvalue weighted by Gasteiger charge is 2.28. The van der Waals surface area contributed by atoms with E-state index in [0.717, 1.165) is 5.56 Å². The van der Waals surface area contributed by atoms with Gasteiger partial charge in [0.05, 0.1) is 18.4 Å². The van der Waals surface area contributed by atoms with Crippen LogP contribution in [0.2, 0.25) is 0 Å². The minimum atomic E-state index is -0.346. The van der Waals surface area contributed by atoms with Crippen molar-refractivity contribution in [2.24, 2.45) is 7.05 Å². The predicted molar refractivity (Wildman–Crippen MR) is 104 cm³/mol. The van der Waals surface area contributed by atoms with E-state index in [0.29, 0.717) is 17.2 Å². The zero-order valence-electron chi connectivity index (χ0n) is 15.8. The zero-order valence-corrected chi connectivity index (χ0v) is 15.8. The van der Waals surface area contributed by atoms with Crippen molar-refractivity contribution >= 4 is 22.7 Å². The second-order valence-electron chi connectivity index (χ2n) is 6.68. The van der Waals surface area contributed by atoms with Gasteiger partial charge in [0.1, 0.15) is 23.2 Å². The van der Waals surface area contributed by atoms with Crippen LogP contribution in [0, 0.1) is 13.8 Å². The fourth-order valence-corrected chi connectivity index (χ4v) is 3.14. The summed E-state index contributed by atoms with van der Waals surface area (Å²) in [6.45, 7) is 3.86. The number of carbonyl (C=O) groups excluding carboxylic acids is 1. The molecule has 142 valence electrons. The summed E-state index contributed by atoms with van der Waals surface area (Å²) in [4.78, 5) is 31.9. The van der Waals surface area contributed by atoms with Crippen LogP contribution in [0.3, 0.4) is 0 Å². The number of hydrogen-bond donors (Lipinski definition) is 0. The van der Waals surface area contributed by atoms with E-state index in [1.54, 1.807) is 37.3 Å². The summed E-state index contributed by atoms with van der Waals surface area (Å²) in [5, 5.41) is 0.184. The van der Waals surface area contributed by atoms with Crippen LogP contribution >= 0.6 is 0 Å². The molecule has 0 aliphatic carbocycles. The number of nitrogens with zero attached hydrogens (tertiary/aromatic N) is 3. The van der Waals surface area contributed by atoms with Gasteiger partial charge in [0.25, 0.3) is 11.5 Å². The third kappa shape index (κ3) is 3.00. The van der Waals surface area contributed by atoms with E-state index in [1.807, 2.05) is 31.2 Å². The Morgan fingerprint density at radius 1 is 1.18 bits per heavy atom. The maximum atomic E-state index is 13.6. The first-order valence-corrected chi connectivity index (χ1v) is 8.81. The SMILES string of the molecule is Cc1ccc(N(Cc2ccco2)C(=O)c2c(C)oc3ncn(C)c(=O)c23)cc1. The van der Waals surface area contributed by atoms with Crippen LogP contribution in [-0.2, 0) is 13.6 Å². The summed E-state index contributed by atoms with van der Waals surface area (Å²) >= 11 is 0. The van der Waals surface area contributed by atoms with E-state index in [9.17, 15) is 9.59 Å². The van der Waals surface area contributed by atoms with Gasteiger partial charge in [-0.25, -0.2) is 4.98 Å². The van der Waals surface area contributed by atoms with E-state index in [4.69, 9.17) is 8.83 Å². The average Bonchev–Trinajstić information content (AvgIpc) is 3.30. The van der Waals surface area contributed by atoms with E-state index in [1.165, 1.54) is 10.9 Å². The number of benzene rings is 1. The first-order valence-electron chi connectivity index (χ1n) is 8.81. The molecule has 0 aliphatic heterocycles. The highest BCUT2D eigenvalue weighted by atomic mass is 16.3. The van der Waals surface area contributed by atoms with Gasteiger partial charge >= 0.3 is 0 Å². The van der Waals surface area contributed by atoms with Gasteiger partial charge in [-0.2, -0.15) is 0 Å². The fourth-order valence-electron chi connectivity index (χ4n) is 3.14. The van der Waals surface area contributed by atoms with Crippen LogP contribution in [-0.4, -0.2) is 15.5 Å². The Morgan fingerprint density at radius 2 is 1.93 bits per heavy atom. The summed E-state index contributed by atoms with van der Waals surface area (Å²) in [6.07, 6.45) is 2.94. The smallest absolute Gasteiger partial charge is 0.265 e. The largest absolute Gasteiger partial charge is 0.467 e. The molecule has 0 radical (unpaired) electrons. The Kier molecular flexibility index (Phi) is 4.35. The Balaban J connectivity index is 1.87. The second kappa shape index (κ2) is 6.84. The Labute approximate surface area is 160 Å². The Morgan fingerprint density at radius 3 is 2.61 bits per heavy atom. The summed E-state index contributed by atoms with van der Waals surface area (Å²) < 4.78 is 12.4. The van der Waals surface area contributed by atoms with Crippen LogP contribution in [0.1, 0.15) is 27.4 Å². The molecule has 0 saturated carbocycles. The van der Waals surface area contributed by atoms with E-state index >= 15 is 0 Å². The molecule has 0 saturated heterocycles. The highest BCUT2D eigenvalue weighted by molar-refractivity contribution is 6.13. The molecule has 0 bridgehead atoms. The molecule has 3 aromatic heterocycles. The van der Waals surface area contributed by atoms with Gasteiger partial charge in [-0.15, -0.1) is 0 Å². The lowest BCUT2D eigenvalue weighted by atomic mass is 10.1. The molecule has 1 aromatic carbocycles. The van der Waals surface area contributed by atoms with Crippen molar-refractivity contribution in [1.29, 1.82) is 0 Å². The molecular formula is C21H19N3O4. The molecule has 7 heteroatoms. The number of rotatable bonds is 4. The van der Waals surface area contributed by atoms with Gasteiger partial charge in [0, 0.05) is 12.7 Å². The molecule has 28 heavy (non-hydrogen) atoms. The van der Waals surface area contributed by atoms with Crippen LogP contribution in [0.4, 0.5) is 5.69 Å². The lowest BCUT2D eigenvalue weighted by molar-refractivity contribution is 0.0983. The molecule has 7 nitrogen and oxygen atoms in total. The standard InChI is InChI=1S/C21H19N3O4/c1-13-6-8-15(9-7-13)24(11-16-5-4-10-27-16)21(26)17-14(2)28-19-18(17)20(25)23(3)12-22-19/h4-10,12H,11H2,1-3H3. The van der Waals surface area contributed by atoms with Crippen LogP contribution in [0.5, 0.6) is 0 Å². The second-order valence-corrected chi connectivity index (χ2v) is 6.68. The predicted octanol–water partition coefficient (Wildman–Crippen LogP) is 3.58. The third-order valence-electron chi connectivity index (χ3n) is 4.65. The Hall–Kier alpha value is -3.61. The monoisotopic (exact) mass is 377 g/mol. The van der Waals surface area contributed by atoms with Crippen molar-refractivity contribution in [3.05, 3.63) is 82.0 Å². The number of aromatic nitrogens is 2. The zero-order chi connectivity index (χ0) is 19.8. The minimum Gasteiger partial charge on any atom is -0.467 e. The first-order chi connectivity index (χ1) is 13.5. The summed E-state index contributed by atoms with van der Waals surface area (Å²) in [5.74, 6) is 0.638. The van der Waals surface area contributed by atoms with E-state index < -0.39 is 0 Å². The molecule has 4 aromatic rings. The quantitative estimate of drug-likeness (QED) is 0.543. The van der Waals surface area contributed by atoms with Crippen molar-refractivity contribution in [1.82, 2.24) is 9.55 Å². The summed E-state index contributed by atoms with van der Waals surface area (Å²) in [5.41, 5.74) is 1.83. The molecule has 0 fully saturated rings. The molecule has 4 rings (SSSR count). The molecule has 3 heterocycles. The number of anilines is 1. The topological polar surface area (TPSA) is 81.5 Å². The van der Waals surface area contributed by atoms with Crippen molar-refractivity contribution < 1.29 is 13.6 Å². The lowest BCUT2D eigenvalue weighted by Crippen LogP contribution is -2.31.